The molecule has 0 bridgehead atoms. The number of benzene rings is 1. The molecule has 0 amide bonds. The van der Waals surface area contributed by atoms with Crippen LogP contribution in [-0.2, 0) is 4.43 Å². The average molecular weight is 345 g/mol. The first-order valence-electron chi connectivity index (χ1n) is 6.67. The second-order valence-electron chi connectivity index (χ2n) is 6.32. The highest BCUT2D eigenvalue weighted by Gasteiger charge is 2.36. The monoisotopic (exact) mass is 344 g/mol. The Morgan fingerprint density at radius 1 is 1.16 bits per heavy atom. The van der Waals surface area contributed by atoms with E-state index in [1.165, 1.54) is 0 Å². The van der Waals surface area contributed by atoms with Crippen molar-refractivity contribution in [1.82, 2.24) is 0 Å². The van der Waals surface area contributed by atoms with Gasteiger partial charge in [0.2, 0.25) is 0 Å². The zero-order chi connectivity index (χ0) is 14.7. The molecule has 2 nitrogen and oxygen atoms in total. The summed E-state index contributed by atoms with van der Waals surface area (Å²) in [6.45, 7) is 14.6. The van der Waals surface area contributed by atoms with E-state index < -0.39 is 8.32 Å². The summed E-state index contributed by atoms with van der Waals surface area (Å²) in [5.41, 5.74) is 1.13. The van der Waals surface area contributed by atoms with Gasteiger partial charge in [-0.1, -0.05) is 42.8 Å². The van der Waals surface area contributed by atoms with E-state index in [0.29, 0.717) is 13.2 Å². The number of hydrogen-bond donors (Lipinski definition) is 0. The molecule has 0 N–H and O–H groups in total. The van der Waals surface area contributed by atoms with Gasteiger partial charge in [0, 0.05) is 10.0 Å². The highest BCUT2D eigenvalue weighted by atomic mass is 79.9. The van der Waals surface area contributed by atoms with Crippen molar-refractivity contribution in [3.63, 3.8) is 0 Å². The fraction of sp³-hybridized carbons (Fsp3) is 0.600. The van der Waals surface area contributed by atoms with Crippen molar-refractivity contribution in [3.8, 4) is 5.75 Å². The zero-order valence-electron chi connectivity index (χ0n) is 12.8. The van der Waals surface area contributed by atoms with Crippen LogP contribution < -0.4 is 4.74 Å². The van der Waals surface area contributed by atoms with Crippen LogP contribution >= 0.6 is 15.9 Å². The molecule has 0 radical (unpaired) electrons. The van der Waals surface area contributed by atoms with Crippen LogP contribution in [-0.4, -0.2) is 21.5 Å². The van der Waals surface area contributed by atoms with Crippen molar-refractivity contribution in [2.45, 2.75) is 45.8 Å². The molecule has 108 valence electrons. The number of halogens is 1. The lowest BCUT2D eigenvalue weighted by Gasteiger charge is -2.36. The smallest absolute Gasteiger partial charge is 0.192 e. The SMILES string of the molecule is Cc1c(Br)cccc1OCCO[Si](C)(C)C(C)(C)C. The van der Waals surface area contributed by atoms with Crippen molar-refractivity contribution in [1.29, 1.82) is 0 Å². The number of ether oxygens (including phenoxy) is 1. The fourth-order valence-electron chi connectivity index (χ4n) is 1.41. The van der Waals surface area contributed by atoms with E-state index in [2.05, 4.69) is 49.8 Å². The number of rotatable bonds is 5. The second-order valence-corrected chi connectivity index (χ2v) is 12.0. The molecule has 0 aromatic heterocycles. The molecule has 0 heterocycles. The first-order valence-corrected chi connectivity index (χ1v) is 10.4. The first kappa shape index (κ1) is 16.7. The van der Waals surface area contributed by atoms with Crippen LogP contribution in [0, 0.1) is 6.92 Å². The molecule has 0 aliphatic rings. The first-order chi connectivity index (χ1) is 8.65. The maximum atomic E-state index is 6.09. The predicted octanol–water partition coefficient (Wildman–Crippen LogP) is 5.16. The molecule has 0 atom stereocenters. The van der Waals surface area contributed by atoms with Crippen LogP contribution in [0.5, 0.6) is 5.75 Å². The molecule has 0 saturated heterocycles. The largest absolute Gasteiger partial charge is 0.491 e. The van der Waals surface area contributed by atoms with Crippen molar-refractivity contribution in [2.24, 2.45) is 0 Å². The van der Waals surface area contributed by atoms with E-state index in [1.807, 2.05) is 25.1 Å². The summed E-state index contributed by atoms with van der Waals surface area (Å²) in [5.74, 6) is 0.924. The topological polar surface area (TPSA) is 18.5 Å². The van der Waals surface area contributed by atoms with Crippen molar-refractivity contribution >= 4 is 24.2 Å². The minimum atomic E-state index is -1.66. The summed E-state index contributed by atoms with van der Waals surface area (Å²) >= 11 is 3.51. The second kappa shape index (κ2) is 6.42. The molecule has 0 aliphatic heterocycles. The van der Waals surface area contributed by atoms with Crippen molar-refractivity contribution in [2.75, 3.05) is 13.2 Å². The van der Waals surface area contributed by atoms with Gasteiger partial charge in [0.1, 0.15) is 12.4 Å². The summed E-state index contributed by atoms with van der Waals surface area (Å²) in [6, 6.07) is 6.00. The Bertz CT molecular complexity index is 425. The van der Waals surface area contributed by atoms with Crippen molar-refractivity contribution < 1.29 is 9.16 Å². The molecule has 1 rings (SSSR count). The molecular formula is C15H25BrO2Si. The highest BCUT2D eigenvalue weighted by molar-refractivity contribution is 9.10. The lowest BCUT2D eigenvalue weighted by Crippen LogP contribution is -2.41. The van der Waals surface area contributed by atoms with Crippen LogP contribution in [0.2, 0.25) is 18.1 Å². The predicted molar refractivity (Wildman–Crippen MR) is 87.5 cm³/mol. The Hall–Kier alpha value is -0.323. The summed E-state index contributed by atoms with van der Waals surface area (Å²) < 4.78 is 13.0. The van der Waals surface area contributed by atoms with Crippen LogP contribution in [0.4, 0.5) is 0 Å². The van der Waals surface area contributed by atoms with Crippen LogP contribution in [0.3, 0.4) is 0 Å². The average Bonchev–Trinajstić information content (AvgIpc) is 2.28. The molecular weight excluding hydrogens is 320 g/mol. The fourth-order valence-corrected chi connectivity index (χ4v) is 2.78. The highest BCUT2D eigenvalue weighted by Crippen LogP contribution is 2.36. The van der Waals surface area contributed by atoms with E-state index in [1.54, 1.807) is 0 Å². The Labute approximate surface area is 126 Å². The number of hydrogen-bond acceptors (Lipinski definition) is 2. The summed E-state index contributed by atoms with van der Waals surface area (Å²) in [5, 5.41) is 0.249. The quantitative estimate of drug-likeness (QED) is 0.542. The lowest BCUT2D eigenvalue weighted by atomic mass is 10.2. The van der Waals surface area contributed by atoms with Gasteiger partial charge in [-0.3, -0.25) is 0 Å². The van der Waals surface area contributed by atoms with E-state index >= 15 is 0 Å². The molecule has 0 saturated carbocycles. The van der Waals surface area contributed by atoms with Crippen LogP contribution in [0.1, 0.15) is 26.3 Å². The van der Waals surface area contributed by atoms with E-state index in [-0.39, 0.29) is 5.04 Å². The van der Waals surface area contributed by atoms with Gasteiger partial charge < -0.3 is 9.16 Å². The molecule has 0 unspecified atom stereocenters. The third kappa shape index (κ3) is 4.62. The summed E-state index contributed by atoms with van der Waals surface area (Å²) in [6.07, 6.45) is 0. The van der Waals surface area contributed by atoms with E-state index in [4.69, 9.17) is 9.16 Å². The molecule has 1 aromatic carbocycles. The van der Waals surface area contributed by atoms with Gasteiger partial charge in [-0.05, 0) is 37.2 Å². The Morgan fingerprint density at radius 3 is 2.37 bits per heavy atom. The minimum absolute atomic E-state index is 0.249. The molecule has 4 heteroatoms. The van der Waals surface area contributed by atoms with Crippen LogP contribution in [0.15, 0.2) is 22.7 Å². The van der Waals surface area contributed by atoms with E-state index in [0.717, 1.165) is 15.8 Å². The van der Waals surface area contributed by atoms with Gasteiger partial charge in [0.05, 0.1) is 6.61 Å². The van der Waals surface area contributed by atoms with E-state index in [9.17, 15) is 0 Å². The minimum Gasteiger partial charge on any atom is -0.491 e. The Kier molecular flexibility index (Phi) is 5.65. The molecule has 1 aromatic rings. The van der Waals surface area contributed by atoms with Crippen LogP contribution in [0.25, 0.3) is 0 Å². The van der Waals surface area contributed by atoms with Gasteiger partial charge in [-0.25, -0.2) is 0 Å². The van der Waals surface area contributed by atoms with Gasteiger partial charge in [-0.15, -0.1) is 0 Å². The standard InChI is InChI=1S/C15H25BrO2Si/c1-12-13(16)8-7-9-14(12)17-10-11-18-19(5,6)15(2,3)4/h7-9H,10-11H2,1-6H3. The van der Waals surface area contributed by atoms with Gasteiger partial charge in [-0.2, -0.15) is 0 Å². The third-order valence-electron chi connectivity index (χ3n) is 3.83. The molecule has 19 heavy (non-hydrogen) atoms. The third-order valence-corrected chi connectivity index (χ3v) is 9.23. The molecule has 0 spiro atoms. The van der Waals surface area contributed by atoms with Gasteiger partial charge in [0.15, 0.2) is 8.32 Å². The van der Waals surface area contributed by atoms with Gasteiger partial charge in [0.25, 0.3) is 0 Å². The normalized spacial score (nSPS) is 12.6. The zero-order valence-corrected chi connectivity index (χ0v) is 15.4. The lowest BCUT2D eigenvalue weighted by molar-refractivity contribution is 0.203. The molecule has 0 aliphatic carbocycles. The molecule has 0 fully saturated rings. The van der Waals surface area contributed by atoms with Gasteiger partial charge >= 0.3 is 0 Å². The maximum Gasteiger partial charge on any atom is 0.192 e. The maximum absolute atomic E-state index is 6.09. The summed E-state index contributed by atoms with van der Waals surface area (Å²) in [7, 11) is -1.66. The Balaban J connectivity index is 2.46. The summed E-state index contributed by atoms with van der Waals surface area (Å²) in [4.78, 5) is 0. The van der Waals surface area contributed by atoms with Crippen molar-refractivity contribution in [3.05, 3.63) is 28.2 Å². The Morgan fingerprint density at radius 2 is 1.79 bits per heavy atom.